The first-order chi connectivity index (χ1) is 11.8. The summed E-state index contributed by atoms with van der Waals surface area (Å²) in [5, 5.41) is 3.73. The minimum Gasteiger partial charge on any atom is -0.272 e. The third kappa shape index (κ3) is 5.16. The fourth-order valence-electron chi connectivity index (χ4n) is 1.81. The number of nitrogens with zero attached hydrogens (tertiary/aromatic N) is 1. The summed E-state index contributed by atoms with van der Waals surface area (Å²) in [4.78, 5) is 11.7. The number of carbonyl (C=O) groups is 1. The highest BCUT2D eigenvalue weighted by atomic mass is 32.2. The lowest BCUT2D eigenvalue weighted by molar-refractivity contribution is -0.119. The fourth-order valence-corrected chi connectivity index (χ4v) is 2.82. The van der Waals surface area contributed by atoms with Crippen LogP contribution in [0.3, 0.4) is 0 Å². The Morgan fingerprint density at radius 1 is 1.08 bits per heavy atom. The molecular formula is C16H15F2N3O3S. The van der Waals surface area contributed by atoms with Crippen molar-refractivity contribution in [3.05, 3.63) is 65.7 Å². The van der Waals surface area contributed by atoms with Gasteiger partial charge in [-0.3, -0.25) is 4.79 Å². The van der Waals surface area contributed by atoms with Crippen molar-refractivity contribution < 1.29 is 22.0 Å². The van der Waals surface area contributed by atoms with E-state index in [1.807, 2.05) is 0 Å². The second kappa shape index (κ2) is 7.95. The maximum absolute atomic E-state index is 13.2. The average Bonchev–Trinajstić information content (AvgIpc) is 2.61. The van der Waals surface area contributed by atoms with Crippen LogP contribution in [-0.2, 0) is 14.8 Å². The van der Waals surface area contributed by atoms with Gasteiger partial charge in [0.2, 0.25) is 10.0 Å². The van der Waals surface area contributed by atoms with Crippen molar-refractivity contribution in [1.29, 1.82) is 0 Å². The van der Waals surface area contributed by atoms with Crippen LogP contribution in [0.2, 0.25) is 0 Å². The Morgan fingerprint density at radius 2 is 1.76 bits per heavy atom. The highest BCUT2D eigenvalue weighted by molar-refractivity contribution is 7.89. The van der Waals surface area contributed by atoms with E-state index in [9.17, 15) is 22.0 Å². The molecule has 0 aromatic heterocycles. The summed E-state index contributed by atoms with van der Waals surface area (Å²) < 4.78 is 52.1. The maximum Gasteiger partial charge on any atom is 0.255 e. The van der Waals surface area contributed by atoms with Gasteiger partial charge in [-0.1, -0.05) is 18.2 Å². The van der Waals surface area contributed by atoms with Crippen LogP contribution in [0.5, 0.6) is 0 Å². The van der Waals surface area contributed by atoms with Crippen LogP contribution in [0, 0.1) is 11.6 Å². The number of carbonyl (C=O) groups excluding carboxylic acids is 1. The monoisotopic (exact) mass is 367 g/mol. The number of hydrogen-bond acceptors (Lipinski definition) is 4. The molecule has 9 heteroatoms. The second-order valence-corrected chi connectivity index (χ2v) is 6.77. The minimum atomic E-state index is -3.81. The highest BCUT2D eigenvalue weighted by Gasteiger charge is 2.14. The Balaban J connectivity index is 1.95. The summed E-state index contributed by atoms with van der Waals surface area (Å²) in [7, 11) is -3.81. The second-order valence-electron chi connectivity index (χ2n) is 5.00. The fraction of sp³-hybridized carbons (Fsp3) is 0.125. The molecule has 0 saturated carbocycles. The Labute approximate surface area is 143 Å². The summed E-state index contributed by atoms with van der Waals surface area (Å²) in [6, 6.07) is 10.8. The molecule has 2 N–H and O–H groups in total. The topological polar surface area (TPSA) is 87.6 Å². The van der Waals surface area contributed by atoms with Crippen molar-refractivity contribution >= 4 is 21.6 Å². The van der Waals surface area contributed by atoms with Gasteiger partial charge in [0.25, 0.3) is 5.91 Å². The number of amides is 1. The molecule has 0 aliphatic carbocycles. The van der Waals surface area contributed by atoms with E-state index in [0.29, 0.717) is 0 Å². The molecule has 25 heavy (non-hydrogen) atoms. The normalized spacial score (nSPS) is 12.0. The SMILES string of the molecule is C/C(=N/NC(=O)CNS(=O)(=O)c1ccccc1)c1ccc(F)c(F)c1. The molecule has 0 fully saturated rings. The van der Waals surface area contributed by atoms with Gasteiger partial charge in [0.1, 0.15) is 0 Å². The molecule has 2 aromatic carbocycles. The van der Waals surface area contributed by atoms with Crippen molar-refractivity contribution in [3.8, 4) is 0 Å². The van der Waals surface area contributed by atoms with Gasteiger partial charge >= 0.3 is 0 Å². The molecule has 0 aliphatic heterocycles. The van der Waals surface area contributed by atoms with Gasteiger partial charge < -0.3 is 0 Å². The molecule has 1 amide bonds. The van der Waals surface area contributed by atoms with Crippen molar-refractivity contribution in [2.24, 2.45) is 5.10 Å². The smallest absolute Gasteiger partial charge is 0.255 e. The number of hydrogen-bond donors (Lipinski definition) is 2. The van der Waals surface area contributed by atoms with Gasteiger partial charge in [-0.25, -0.2) is 27.3 Å². The largest absolute Gasteiger partial charge is 0.272 e. The first-order valence-electron chi connectivity index (χ1n) is 7.13. The Hall–Kier alpha value is -2.65. The molecule has 0 atom stereocenters. The summed E-state index contributed by atoms with van der Waals surface area (Å²) >= 11 is 0. The number of hydrazone groups is 1. The van der Waals surface area contributed by atoms with E-state index in [0.717, 1.165) is 12.1 Å². The van der Waals surface area contributed by atoms with Crippen molar-refractivity contribution in [1.82, 2.24) is 10.1 Å². The minimum absolute atomic E-state index is 0.0317. The summed E-state index contributed by atoms with van der Waals surface area (Å²) in [6.45, 7) is 0.965. The predicted molar refractivity (Wildman–Crippen MR) is 88.3 cm³/mol. The molecule has 0 unspecified atom stereocenters. The first-order valence-corrected chi connectivity index (χ1v) is 8.61. The van der Waals surface area contributed by atoms with Crippen molar-refractivity contribution in [2.45, 2.75) is 11.8 Å². The molecular weight excluding hydrogens is 352 g/mol. The highest BCUT2D eigenvalue weighted by Crippen LogP contribution is 2.09. The summed E-state index contributed by atoms with van der Waals surface area (Å²) in [5.41, 5.74) is 2.66. The van der Waals surface area contributed by atoms with Crippen LogP contribution in [-0.4, -0.2) is 26.6 Å². The van der Waals surface area contributed by atoms with Crippen molar-refractivity contribution in [3.63, 3.8) is 0 Å². The summed E-state index contributed by atoms with van der Waals surface area (Å²) in [5.74, 6) is -2.73. The van der Waals surface area contributed by atoms with Crippen LogP contribution < -0.4 is 10.1 Å². The van der Waals surface area contributed by atoms with Crippen molar-refractivity contribution in [2.75, 3.05) is 6.54 Å². The van der Waals surface area contributed by atoms with Crippen LogP contribution in [0.15, 0.2) is 58.5 Å². The maximum atomic E-state index is 13.2. The van der Waals surface area contributed by atoms with E-state index in [2.05, 4.69) is 15.2 Å². The Kier molecular flexibility index (Phi) is 5.94. The molecule has 6 nitrogen and oxygen atoms in total. The van der Waals surface area contributed by atoms with Crippen LogP contribution in [0.25, 0.3) is 0 Å². The number of nitrogens with one attached hydrogen (secondary N) is 2. The molecule has 2 rings (SSSR count). The lowest BCUT2D eigenvalue weighted by Gasteiger charge is -2.06. The third-order valence-electron chi connectivity index (χ3n) is 3.16. The number of rotatable bonds is 6. The molecule has 0 bridgehead atoms. The quantitative estimate of drug-likeness (QED) is 0.603. The van der Waals surface area contributed by atoms with Gasteiger partial charge in [-0.2, -0.15) is 5.10 Å². The van der Waals surface area contributed by atoms with Crippen LogP contribution in [0.4, 0.5) is 8.78 Å². The van der Waals surface area contributed by atoms with E-state index in [-0.39, 0.29) is 16.2 Å². The summed E-state index contributed by atoms with van der Waals surface area (Å²) in [6.07, 6.45) is 0. The molecule has 0 spiro atoms. The average molecular weight is 367 g/mol. The predicted octanol–water partition coefficient (Wildman–Crippen LogP) is 1.78. The first kappa shape index (κ1) is 18.7. The zero-order valence-corrected chi connectivity index (χ0v) is 14.0. The molecule has 132 valence electrons. The number of benzene rings is 2. The molecule has 0 saturated heterocycles. The van der Waals surface area contributed by atoms with Gasteiger partial charge in [0.05, 0.1) is 17.2 Å². The third-order valence-corrected chi connectivity index (χ3v) is 4.58. The Bertz CT molecular complexity index is 900. The van der Waals surface area contributed by atoms with Crippen LogP contribution >= 0.6 is 0 Å². The van der Waals surface area contributed by atoms with Gasteiger partial charge in [0.15, 0.2) is 11.6 Å². The lowest BCUT2D eigenvalue weighted by atomic mass is 10.1. The van der Waals surface area contributed by atoms with E-state index >= 15 is 0 Å². The van der Waals surface area contributed by atoms with E-state index in [1.165, 1.54) is 25.1 Å². The van der Waals surface area contributed by atoms with Gasteiger partial charge in [-0.15, -0.1) is 0 Å². The number of sulfonamides is 1. The standard InChI is InChI=1S/C16H15F2N3O3S/c1-11(12-7-8-14(17)15(18)9-12)20-21-16(22)10-19-25(23,24)13-5-3-2-4-6-13/h2-9,19H,10H2,1H3,(H,21,22)/b20-11-. The van der Waals surface area contributed by atoms with E-state index < -0.39 is 34.1 Å². The van der Waals surface area contributed by atoms with Crippen LogP contribution in [0.1, 0.15) is 12.5 Å². The Morgan fingerprint density at radius 3 is 2.40 bits per heavy atom. The van der Waals surface area contributed by atoms with E-state index in [4.69, 9.17) is 0 Å². The molecule has 0 heterocycles. The van der Waals surface area contributed by atoms with E-state index in [1.54, 1.807) is 18.2 Å². The molecule has 0 aliphatic rings. The lowest BCUT2D eigenvalue weighted by Crippen LogP contribution is -2.35. The zero-order chi connectivity index (χ0) is 18.4. The zero-order valence-electron chi connectivity index (χ0n) is 13.2. The molecule has 0 radical (unpaired) electrons. The molecule has 2 aromatic rings. The number of halogens is 2. The van der Waals surface area contributed by atoms with Gasteiger partial charge in [0, 0.05) is 5.56 Å². The van der Waals surface area contributed by atoms with Gasteiger partial charge in [-0.05, 0) is 37.3 Å².